The highest BCUT2D eigenvalue weighted by Gasteiger charge is 2.48. The smallest absolute Gasteiger partial charge is 0.337 e. The number of benzene rings is 3. The van der Waals surface area contributed by atoms with Gasteiger partial charge in [-0.15, -0.1) is 0 Å². The highest BCUT2D eigenvalue weighted by Crippen LogP contribution is 2.46. The molecule has 5 heterocycles. The zero-order valence-corrected chi connectivity index (χ0v) is 46.9. The van der Waals surface area contributed by atoms with Gasteiger partial charge in [0, 0.05) is 86.9 Å². The van der Waals surface area contributed by atoms with Gasteiger partial charge in [-0.3, -0.25) is 38.8 Å². The number of aliphatic hydroxyl groups is 1. The first-order valence-corrected chi connectivity index (χ1v) is 26.3. The summed E-state index contributed by atoms with van der Waals surface area (Å²) in [6.45, 7) is 14.1. The summed E-state index contributed by atoms with van der Waals surface area (Å²) in [6, 6.07) is 18.1. The number of aliphatic carboxylic acids is 1. The maximum atomic E-state index is 13.4. The molecular weight excluding hydrogens is 1030 g/mol. The number of amides is 2. The van der Waals surface area contributed by atoms with Crippen molar-refractivity contribution in [1.29, 1.82) is 0 Å². The van der Waals surface area contributed by atoms with E-state index >= 15 is 0 Å². The minimum absolute atomic E-state index is 0. The number of ether oxygens (including phenoxy) is 3. The molecule has 0 bridgehead atoms. The van der Waals surface area contributed by atoms with E-state index in [9.17, 15) is 41.9 Å². The second kappa shape index (κ2) is 31.5. The molecule has 2 saturated heterocycles. The molecule has 7 N–H and O–H groups in total. The zero-order chi connectivity index (χ0) is 58.0. The minimum atomic E-state index is -1.09. The van der Waals surface area contributed by atoms with Crippen LogP contribution in [0.2, 0.25) is 0 Å². The summed E-state index contributed by atoms with van der Waals surface area (Å²) in [7, 11) is 3.60. The van der Waals surface area contributed by atoms with Crippen molar-refractivity contribution in [2.45, 2.75) is 105 Å². The fourth-order valence-electron chi connectivity index (χ4n) is 10.5. The molecule has 0 aliphatic carbocycles. The number of carbonyl (C=O) groups excluding carboxylic acids is 6. The lowest BCUT2D eigenvalue weighted by Crippen LogP contribution is -2.54. The Bertz CT molecular complexity index is 2650. The average Bonchev–Trinajstić information content (AvgIpc) is 3.43. The zero-order valence-electron chi connectivity index (χ0n) is 46.9. The highest BCUT2D eigenvalue weighted by molar-refractivity contribution is 6.13. The summed E-state index contributed by atoms with van der Waals surface area (Å²) in [5.74, 6) is -5.88. The molecule has 0 saturated carbocycles. The third kappa shape index (κ3) is 17.2. The molecule has 2 fully saturated rings. The van der Waals surface area contributed by atoms with Crippen molar-refractivity contribution in [1.82, 2.24) is 16.8 Å². The number of methoxy groups -OCH3 is 2. The fourth-order valence-corrected chi connectivity index (χ4v) is 10.5. The van der Waals surface area contributed by atoms with Crippen molar-refractivity contribution in [3.05, 3.63) is 118 Å². The topological polar surface area (TPSA) is 271 Å². The van der Waals surface area contributed by atoms with E-state index in [4.69, 9.17) is 29.2 Å². The quantitative estimate of drug-likeness (QED) is 0.0839. The number of carbonyl (C=O) groups is 7. The third-order valence-electron chi connectivity index (χ3n) is 14.1. The van der Waals surface area contributed by atoms with Crippen molar-refractivity contribution < 1.29 is 71.2 Å². The molecule has 0 aromatic heterocycles. The number of nitrogens with zero attached hydrogens (tertiary/aromatic N) is 2. The number of carboxylic acid groups (broad SMARTS) is 1. The molecule has 2 amide bonds. The first-order valence-electron chi connectivity index (χ1n) is 26.3. The molecule has 8 atom stereocenters. The molecule has 5 aliphatic heterocycles. The van der Waals surface area contributed by atoms with Crippen molar-refractivity contribution in [2.24, 2.45) is 57.3 Å². The number of piperidine rings is 2. The summed E-state index contributed by atoms with van der Waals surface area (Å²) in [6.07, 6.45) is 4.96. The lowest BCUT2D eigenvalue weighted by atomic mass is 9.68. The van der Waals surface area contributed by atoms with Gasteiger partial charge < -0.3 is 41.2 Å². The predicted octanol–water partition coefficient (Wildman–Crippen LogP) is 8.83. The number of esters is 2. The van der Waals surface area contributed by atoms with E-state index < -0.39 is 53.3 Å². The van der Waals surface area contributed by atoms with Gasteiger partial charge in [0.15, 0.2) is 5.90 Å². The van der Waals surface area contributed by atoms with Crippen LogP contribution in [0, 0.1) is 64.8 Å². The van der Waals surface area contributed by atoms with Crippen LogP contribution in [-0.4, -0.2) is 104 Å². The number of hydrogen-bond acceptors (Lipinski definition) is 14. The normalized spacial score (nSPS) is 21.7. The fraction of sp³-hybridized carbons (Fsp3) is 0.508. The SMILES string of the molecule is CC(=O)O.CC(C)C(=O)C1C(=O)NC2=NCCCC2C1c1ccc(F)cc1.CO.COC(=O)C(C(=O)C(C)C)C(c1ccc(F)cc1)C1CCCNC1=O.COC(=O)C1=C(C(C)C)OC2=NCCCC2C1c1ccc(F)cc1.N. The van der Waals surface area contributed by atoms with E-state index in [1.807, 2.05) is 27.7 Å². The van der Waals surface area contributed by atoms with E-state index in [2.05, 4.69) is 20.6 Å². The van der Waals surface area contributed by atoms with Gasteiger partial charge in [0.1, 0.15) is 52.4 Å². The average molecular weight is 1110 g/mol. The first kappa shape index (κ1) is 66.2. The Morgan fingerprint density at radius 1 is 0.696 bits per heavy atom. The van der Waals surface area contributed by atoms with E-state index in [1.54, 1.807) is 38.1 Å². The first-order chi connectivity index (χ1) is 37.1. The summed E-state index contributed by atoms with van der Waals surface area (Å²) in [5.41, 5.74) is 2.84. The molecule has 0 spiro atoms. The lowest BCUT2D eigenvalue weighted by Gasteiger charge is -2.40. The molecular formula is C59H78F3N5O12. The van der Waals surface area contributed by atoms with Gasteiger partial charge in [-0.1, -0.05) is 77.9 Å². The molecule has 20 heteroatoms. The molecule has 432 valence electrons. The number of allylic oxidation sites excluding steroid dienone is 1. The number of ketones is 2. The number of fused-ring (bicyclic) bond motifs is 2. The van der Waals surface area contributed by atoms with Crippen LogP contribution in [-0.2, 0) is 47.8 Å². The van der Waals surface area contributed by atoms with Crippen molar-refractivity contribution >= 4 is 53.0 Å². The minimum Gasteiger partial charge on any atom is -0.481 e. The van der Waals surface area contributed by atoms with Crippen LogP contribution in [0.25, 0.3) is 0 Å². The van der Waals surface area contributed by atoms with Gasteiger partial charge >= 0.3 is 11.9 Å². The van der Waals surface area contributed by atoms with Crippen LogP contribution in [0.5, 0.6) is 0 Å². The molecule has 3 aromatic carbocycles. The summed E-state index contributed by atoms with van der Waals surface area (Å²) in [5, 5.41) is 20.0. The van der Waals surface area contributed by atoms with Gasteiger partial charge in [0.05, 0.1) is 19.8 Å². The van der Waals surface area contributed by atoms with Crippen molar-refractivity contribution in [2.75, 3.05) is 41.0 Å². The Kier molecular flexibility index (Phi) is 26.4. The number of nitrogens with one attached hydrogen (secondary N) is 2. The highest BCUT2D eigenvalue weighted by atomic mass is 19.1. The van der Waals surface area contributed by atoms with Crippen LogP contribution in [0.4, 0.5) is 13.2 Å². The van der Waals surface area contributed by atoms with Crippen molar-refractivity contribution in [3.8, 4) is 0 Å². The van der Waals surface area contributed by atoms with E-state index in [1.165, 1.54) is 62.8 Å². The number of Topliss-reactive ketones (excluding diaryl/α,β-unsaturated/α-hetero) is 2. The Morgan fingerprint density at radius 3 is 1.71 bits per heavy atom. The molecule has 3 aromatic rings. The van der Waals surface area contributed by atoms with Crippen LogP contribution < -0.4 is 16.8 Å². The van der Waals surface area contributed by atoms with Gasteiger partial charge in [0.2, 0.25) is 11.8 Å². The Hall–Kier alpha value is -7.06. The molecule has 5 aliphatic rings. The second-order valence-corrected chi connectivity index (χ2v) is 20.3. The molecule has 8 rings (SSSR count). The number of rotatable bonds is 12. The molecule has 79 heavy (non-hydrogen) atoms. The second-order valence-electron chi connectivity index (χ2n) is 20.3. The van der Waals surface area contributed by atoms with Crippen LogP contribution in [0.3, 0.4) is 0 Å². The van der Waals surface area contributed by atoms with Gasteiger partial charge in [0.25, 0.3) is 5.97 Å². The Morgan fingerprint density at radius 2 is 1.22 bits per heavy atom. The van der Waals surface area contributed by atoms with Gasteiger partial charge in [-0.2, -0.15) is 0 Å². The summed E-state index contributed by atoms with van der Waals surface area (Å²) >= 11 is 0. The largest absolute Gasteiger partial charge is 0.481 e. The predicted molar refractivity (Wildman–Crippen MR) is 291 cm³/mol. The van der Waals surface area contributed by atoms with E-state index in [-0.39, 0.29) is 76.7 Å². The molecule has 8 unspecified atom stereocenters. The monoisotopic (exact) mass is 1110 g/mol. The van der Waals surface area contributed by atoms with Crippen LogP contribution in [0.1, 0.15) is 121 Å². The van der Waals surface area contributed by atoms with Gasteiger partial charge in [-0.25, -0.2) is 18.0 Å². The molecule has 17 nitrogen and oxygen atoms in total. The lowest BCUT2D eigenvalue weighted by molar-refractivity contribution is -0.153. The number of aliphatic imine (C=N–C) groups is 2. The number of amidine groups is 1. The number of aliphatic hydroxyl groups excluding tert-OH is 1. The third-order valence-corrected chi connectivity index (χ3v) is 14.1. The molecule has 0 radical (unpaired) electrons. The van der Waals surface area contributed by atoms with Crippen LogP contribution in [0.15, 0.2) is 94.1 Å². The van der Waals surface area contributed by atoms with E-state index in [0.29, 0.717) is 48.1 Å². The standard InChI is InChI=1S/C19H24FNO4.C19H22FNO3.C18H21FN2O2.C2H4O2.CH4O.H3N/c1-11(2)17(22)16(19(24)25-3)15(12-6-8-13(20)9-7-12)14-5-4-10-21-18(14)23;1-11(2)17-16(19(22)23-3)15(12-6-8-13(20)9-7-12)14-5-4-10-21-18(14)24-17;1-10(2)16(22)15-14(11-5-7-12(19)8-6-11)13-4-3-9-20-17(13)21-18(15)23;1-2(3)4;1-2;/h6-9,11,14-16H,4-5,10H2,1-3H3,(H,21,23);6-9,11,14-15H,4-5,10H2,1-3H3;5-8,10,13-15H,3-4,9H2,1-2H3,(H,20,21,23);1H3,(H,3,4);2H,1H3;1H3. The van der Waals surface area contributed by atoms with E-state index in [0.717, 1.165) is 63.8 Å². The summed E-state index contributed by atoms with van der Waals surface area (Å²) < 4.78 is 55.9. The van der Waals surface area contributed by atoms with Gasteiger partial charge in [-0.05, 0) is 91.6 Å². The number of carboxylic acids is 1. The summed E-state index contributed by atoms with van der Waals surface area (Å²) in [4.78, 5) is 93.4. The Balaban J connectivity index is 0.000000294. The Labute approximate surface area is 460 Å². The van der Waals surface area contributed by atoms with Crippen molar-refractivity contribution in [3.63, 3.8) is 0 Å². The maximum Gasteiger partial charge on any atom is 0.337 e. The number of halogens is 3. The maximum absolute atomic E-state index is 13.4. The number of hydrogen-bond donors (Lipinski definition) is 5. The van der Waals surface area contributed by atoms with Crippen LogP contribution >= 0.6 is 0 Å².